The van der Waals surface area contributed by atoms with Gasteiger partial charge in [0.05, 0.1) is 10.5 Å². The van der Waals surface area contributed by atoms with Gasteiger partial charge in [0.1, 0.15) is 5.82 Å². The van der Waals surface area contributed by atoms with Crippen LogP contribution < -0.4 is 5.32 Å². The second kappa shape index (κ2) is 7.40. The number of carbonyl (C=O) groups is 1. The van der Waals surface area contributed by atoms with Crippen LogP contribution in [0.3, 0.4) is 0 Å². The lowest BCUT2D eigenvalue weighted by Gasteiger charge is -2.17. The first kappa shape index (κ1) is 19.5. The zero-order valence-electron chi connectivity index (χ0n) is 15.7. The Kier molecular flexibility index (Phi) is 5.35. The number of rotatable bonds is 4. The summed E-state index contributed by atoms with van der Waals surface area (Å²) in [4.78, 5) is 12.6. The van der Waals surface area contributed by atoms with E-state index >= 15 is 0 Å². The van der Waals surface area contributed by atoms with Gasteiger partial charge in [0, 0.05) is 18.8 Å². The zero-order valence-corrected chi connectivity index (χ0v) is 16.5. The number of aryl methyl sites for hydroxylation is 3. The molecule has 144 valence electrons. The number of nitrogens with zero attached hydrogens (tertiary/aromatic N) is 1. The number of amides is 1. The zero-order chi connectivity index (χ0) is 19.8. The van der Waals surface area contributed by atoms with Crippen molar-refractivity contribution >= 4 is 21.6 Å². The van der Waals surface area contributed by atoms with Gasteiger partial charge in [0.2, 0.25) is 10.0 Å². The van der Waals surface area contributed by atoms with Crippen LogP contribution in [0, 0.1) is 26.6 Å². The summed E-state index contributed by atoms with van der Waals surface area (Å²) in [6.45, 7) is 6.57. The highest BCUT2D eigenvalue weighted by Gasteiger charge is 2.28. The summed E-state index contributed by atoms with van der Waals surface area (Å²) < 4.78 is 41.0. The van der Waals surface area contributed by atoms with E-state index in [0.29, 0.717) is 18.8 Å². The number of hydrogen-bond acceptors (Lipinski definition) is 3. The Morgan fingerprint density at radius 2 is 1.63 bits per heavy atom. The topological polar surface area (TPSA) is 66.5 Å². The summed E-state index contributed by atoms with van der Waals surface area (Å²) in [5.41, 5.74) is 3.12. The lowest BCUT2D eigenvalue weighted by Crippen LogP contribution is -2.28. The van der Waals surface area contributed by atoms with Crippen LogP contribution in [0.1, 0.15) is 39.9 Å². The molecule has 3 rings (SSSR count). The molecule has 7 heteroatoms. The van der Waals surface area contributed by atoms with Crippen molar-refractivity contribution in [3.63, 3.8) is 0 Å². The second-order valence-electron chi connectivity index (χ2n) is 6.98. The standard InChI is InChI=1S/C20H23FN2O3S/c1-13-10-14(2)19(15(3)11-13)22-20(24)17-12-16(6-7-18(17)21)27(25,26)23-8-4-5-9-23/h6-7,10-12H,4-5,8-9H2,1-3H3,(H,22,24). The molecule has 0 bridgehead atoms. The molecule has 0 aromatic heterocycles. The molecule has 0 radical (unpaired) electrons. The molecule has 1 saturated heterocycles. The Labute approximate surface area is 159 Å². The van der Waals surface area contributed by atoms with E-state index in [-0.39, 0.29) is 10.5 Å². The van der Waals surface area contributed by atoms with Crippen molar-refractivity contribution in [1.82, 2.24) is 4.31 Å². The predicted molar refractivity (Wildman–Crippen MR) is 103 cm³/mol. The molecule has 2 aromatic carbocycles. The van der Waals surface area contributed by atoms with Gasteiger partial charge in [-0.1, -0.05) is 17.7 Å². The normalized spacial score (nSPS) is 15.1. The Morgan fingerprint density at radius 1 is 1.04 bits per heavy atom. The Morgan fingerprint density at radius 3 is 2.22 bits per heavy atom. The van der Waals surface area contributed by atoms with E-state index in [1.807, 2.05) is 32.9 Å². The number of anilines is 1. The first-order chi connectivity index (χ1) is 12.7. The third kappa shape index (κ3) is 3.89. The first-order valence-electron chi connectivity index (χ1n) is 8.89. The largest absolute Gasteiger partial charge is 0.321 e. The van der Waals surface area contributed by atoms with Crippen LogP contribution in [-0.4, -0.2) is 31.7 Å². The van der Waals surface area contributed by atoms with Gasteiger partial charge in [-0.25, -0.2) is 12.8 Å². The molecule has 2 aromatic rings. The molecule has 1 heterocycles. The number of benzene rings is 2. The van der Waals surface area contributed by atoms with Gasteiger partial charge in [-0.2, -0.15) is 4.31 Å². The van der Waals surface area contributed by atoms with Crippen molar-refractivity contribution in [3.8, 4) is 0 Å². The van der Waals surface area contributed by atoms with E-state index < -0.39 is 21.7 Å². The predicted octanol–water partition coefficient (Wildman–Crippen LogP) is 3.79. The Hall–Kier alpha value is -2.25. The van der Waals surface area contributed by atoms with Crippen LogP contribution in [0.5, 0.6) is 0 Å². The van der Waals surface area contributed by atoms with E-state index in [1.165, 1.54) is 10.4 Å². The fourth-order valence-electron chi connectivity index (χ4n) is 3.47. The lowest BCUT2D eigenvalue weighted by molar-refractivity contribution is 0.102. The van der Waals surface area contributed by atoms with Crippen molar-refractivity contribution in [2.24, 2.45) is 0 Å². The number of hydrogen-bond donors (Lipinski definition) is 1. The van der Waals surface area contributed by atoms with Gasteiger partial charge in [0.25, 0.3) is 5.91 Å². The molecule has 1 aliphatic rings. The van der Waals surface area contributed by atoms with Crippen LogP contribution in [0.15, 0.2) is 35.2 Å². The molecule has 5 nitrogen and oxygen atoms in total. The Bertz CT molecular complexity index is 973. The lowest BCUT2D eigenvalue weighted by atomic mass is 10.0. The van der Waals surface area contributed by atoms with Crippen molar-refractivity contribution in [2.45, 2.75) is 38.5 Å². The van der Waals surface area contributed by atoms with Gasteiger partial charge in [0.15, 0.2) is 0 Å². The fourth-order valence-corrected chi connectivity index (χ4v) is 5.02. The third-order valence-electron chi connectivity index (χ3n) is 4.80. The second-order valence-corrected chi connectivity index (χ2v) is 8.92. The van der Waals surface area contributed by atoms with Crippen molar-refractivity contribution in [2.75, 3.05) is 18.4 Å². The monoisotopic (exact) mass is 390 g/mol. The molecule has 27 heavy (non-hydrogen) atoms. The van der Waals surface area contributed by atoms with Crippen molar-refractivity contribution in [1.29, 1.82) is 0 Å². The molecule has 1 amide bonds. The molecule has 1 fully saturated rings. The number of sulfonamides is 1. The molecular weight excluding hydrogens is 367 g/mol. The summed E-state index contributed by atoms with van der Waals surface area (Å²) in [5, 5.41) is 2.72. The summed E-state index contributed by atoms with van der Waals surface area (Å²) in [7, 11) is -3.72. The first-order valence-corrected chi connectivity index (χ1v) is 10.3. The average molecular weight is 390 g/mol. The smallest absolute Gasteiger partial charge is 0.258 e. The highest BCUT2D eigenvalue weighted by atomic mass is 32.2. The quantitative estimate of drug-likeness (QED) is 0.864. The maximum absolute atomic E-state index is 14.3. The average Bonchev–Trinajstić information content (AvgIpc) is 3.13. The minimum Gasteiger partial charge on any atom is -0.321 e. The van der Waals surface area contributed by atoms with Gasteiger partial charge in [-0.3, -0.25) is 4.79 Å². The molecule has 0 aliphatic carbocycles. The maximum Gasteiger partial charge on any atom is 0.258 e. The van der Waals surface area contributed by atoms with E-state index in [0.717, 1.165) is 41.7 Å². The third-order valence-corrected chi connectivity index (χ3v) is 6.70. The van der Waals surface area contributed by atoms with Crippen molar-refractivity contribution < 1.29 is 17.6 Å². The number of nitrogens with one attached hydrogen (secondary N) is 1. The summed E-state index contributed by atoms with van der Waals surface area (Å²) >= 11 is 0. The molecule has 1 aliphatic heterocycles. The molecule has 0 spiro atoms. The molecule has 0 atom stereocenters. The molecule has 1 N–H and O–H groups in total. The molecule has 0 unspecified atom stereocenters. The number of carbonyl (C=O) groups excluding carboxylic acids is 1. The number of halogens is 1. The Balaban J connectivity index is 1.94. The van der Waals surface area contributed by atoms with Crippen LogP contribution in [0.4, 0.5) is 10.1 Å². The van der Waals surface area contributed by atoms with Crippen molar-refractivity contribution in [3.05, 3.63) is 58.4 Å². The summed E-state index contributed by atoms with van der Waals surface area (Å²) in [5.74, 6) is -1.42. The van der Waals surface area contributed by atoms with Crippen LogP contribution in [0.25, 0.3) is 0 Å². The van der Waals surface area contributed by atoms with Crippen LogP contribution in [-0.2, 0) is 10.0 Å². The maximum atomic E-state index is 14.3. The van der Waals surface area contributed by atoms with Gasteiger partial charge in [-0.05, 0) is 62.9 Å². The van der Waals surface area contributed by atoms with E-state index in [4.69, 9.17) is 0 Å². The van der Waals surface area contributed by atoms with E-state index in [2.05, 4.69) is 5.32 Å². The van der Waals surface area contributed by atoms with Crippen LogP contribution in [0.2, 0.25) is 0 Å². The molecule has 0 saturated carbocycles. The van der Waals surface area contributed by atoms with Crippen LogP contribution >= 0.6 is 0 Å². The minimum absolute atomic E-state index is 0.0618. The fraction of sp³-hybridized carbons (Fsp3) is 0.350. The highest BCUT2D eigenvalue weighted by Crippen LogP contribution is 2.25. The summed E-state index contributed by atoms with van der Waals surface area (Å²) in [6, 6.07) is 7.21. The van der Waals surface area contributed by atoms with E-state index in [9.17, 15) is 17.6 Å². The minimum atomic E-state index is -3.72. The van der Waals surface area contributed by atoms with Gasteiger partial charge in [-0.15, -0.1) is 0 Å². The summed E-state index contributed by atoms with van der Waals surface area (Å²) in [6.07, 6.45) is 1.61. The highest BCUT2D eigenvalue weighted by molar-refractivity contribution is 7.89. The van der Waals surface area contributed by atoms with Gasteiger partial charge < -0.3 is 5.32 Å². The van der Waals surface area contributed by atoms with Gasteiger partial charge >= 0.3 is 0 Å². The molecular formula is C20H23FN2O3S. The van der Waals surface area contributed by atoms with E-state index in [1.54, 1.807) is 0 Å². The SMILES string of the molecule is Cc1cc(C)c(NC(=O)c2cc(S(=O)(=O)N3CCCC3)ccc2F)c(C)c1.